The maximum absolute atomic E-state index is 13.3. The van der Waals surface area contributed by atoms with Crippen molar-refractivity contribution in [2.24, 2.45) is 0 Å². The predicted octanol–water partition coefficient (Wildman–Crippen LogP) is 2.10. The summed E-state index contributed by atoms with van der Waals surface area (Å²) in [5.74, 6) is -1.49. The van der Waals surface area contributed by atoms with Crippen molar-refractivity contribution >= 4 is 0 Å². The first-order valence-electron chi connectivity index (χ1n) is 6.10. The lowest BCUT2D eigenvalue weighted by molar-refractivity contribution is 0.496. The van der Waals surface area contributed by atoms with Crippen LogP contribution in [0.25, 0.3) is 0 Å². The number of rotatable bonds is 8. The van der Waals surface area contributed by atoms with E-state index in [-0.39, 0.29) is 0 Å². The number of nitrogens with one attached hydrogen (secondary N) is 2. The summed E-state index contributed by atoms with van der Waals surface area (Å²) in [5, 5.41) is 6.45. The molecule has 17 heavy (non-hydrogen) atoms. The molecular formula is C13H20F2N2. The standard InChI is InChI=1S/C13H20F2N2/c1-2-7-16-9-10-17-8-6-11-4-3-5-12(14)13(11)15/h3-5,16-17H,2,6-10H2,1H3. The fourth-order valence-corrected chi connectivity index (χ4v) is 1.57. The highest BCUT2D eigenvalue weighted by atomic mass is 19.2. The average molecular weight is 242 g/mol. The third-order valence-corrected chi connectivity index (χ3v) is 2.51. The fraction of sp³-hybridized carbons (Fsp3) is 0.538. The molecule has 2 nitrogen and oxygen atoms in total. The lowest BCUT2D eigenvalue weighted by Gasteiger charge is -2.06. The Bertz CT molecular complexity index is 329. The summed E-state index contributed by atoms with van der Waals surface area (Å²) in [6.07, 6.45) is 1.63. The lowest BCUT2D eigenvalue weighted by Crippen LogP contribution is -2.29. The summed E-state index contributed by atoms with van der Waals surface area (Å²) in [7, 11) is 0. The molecule has 0 aliphatic carbocycles. The molecule has 0 aliphatic heterocycles. The van der Waals surface area contributed by atoms with Crippen molar-refractivity contribution in [1.29, 1.82) is 0 Å². The lowest BCUT2D eigenvalue weighted by atomic mass is 10.1. The molecule has 0 radical (unpaired) electrons. The van der Waals surface area contributed by atoms with Gasteiger partial charge in [0, 0.05) is 13.1 Å². The first kappa shape index (κ1) is 14.1. The van der Waals surface area contributed by atoms with Gasteiger partial charge in [-0.25, -0.2) is 8.78 Å². The third-order valence-electron chi connectivity index (χ3n) is 2.51. The SMILES string of the molecule is CCCNCCNCCc1cccc(F)c1F. The number of halogens is 2. The van der Waals surface area contributed by atoms with E-state index < -0.39 is 11.6 Å². The van der Waals surface area contributed by atoms with E-state index >= 15 is 0 Å². The van der Waals surface area contributed by atoms with Gasteiger partial charge in [-0.15, -0.1) is 0 Å². The van der Waals surface area contributed by atoms with Gasteiger partial charge in [0.1, 0.15) is 0 Å². The van der Waals surface area contributed by atoms with Crippen LogP contribution in [0, 0.1) is 11.6 Å². The van der Waals surface area contributed by atoms with Crippen LogP contribution in [-0.4, -0.2) is 26.2 Å². The monoisotopic (exact) mass is 242 g/mol. The van der Waals surface area contributed by atoms with Gasteiger partial charge in [-0.05, 0) is 37.6 Å². The van der Waals surface area contributed by atoms with Crippen LogP contribution in [0.4, 0.5) is 8.78 Å². The van der Waals surface area contributed by atoms with Crippen LogP contribution in [0.2, 0.25) is 0 Å². The van der Waals surface area contributed by atoms with Crippen LogP contribution < -0.4 is 10.6 Å². The van der Waals surface area contributed by atoms with Gasteiger partial charge < -0.3 is 10.6 Å². The third kappa shape index (κ3) is 5.24. The Morgan fingerprint density at radius 1 is 1.00 bits per heavy atom. The van der Waals surface area contributed by atoms with Gasteiger partial charge in [0.25, 0.3) is 0 Å². The van der Waals surface area contributed by atoms with Crippen LogP contribution in [0.1, 0.15) is 18.9 Å². The van der Waals surface area contributed by atoms with Crippen molar-refractivity contribution in [3.05, 3.63) is 35.4 Å². The summed E-state index contributed by atoms with van der Waals surface area (Å²) in [6, 6.07) is 4.30. The molecule has 0 bridgehead atoms. The van der Waals surface area contributed by atoms with E-state index in [4.69, 9.17) is 0 Å². The van der Waals surface area contributed by atoms with Gasteiger partial charge in [0.2, 0.25) is 0 Å². The largest absolute Gasteiger partial charge is 0.315 e. The minimum atomic E-state index is -0.771. The van der Waals surface area contributed by atoms with Crippen molar-refractivity contribution in [1.82, 2.24) is 10.6 Å². The Hall–Kier alpha value is -1.00. The number of hydrogen-bond donors (Lipinski definition) is 2. The highest BCUT2D eigenvalue weighted by Gasteiger charge is 2.06. The highest BCUT2D eigenvalue weighted by molar-refractivity contribution is 5.19. The molecule has 2 N–H and O–H groups in total. The zero-order valence-corrected chi connectivity index (χ0v) is 10.2. The molecule has 0 amide bonds. The van der Waals surface area contributed by atoms with E-state index in [1.807, 2.05) is 0 Å². The average Bonchev–Trinajstić information content (AvgIpc) is 2.33. The molecule has 1 aromatic carbocycles. The second-order valence-electron chi connectivity index (χ2n) is 3.96. The number of hydrogen-bond acceptors (Lipinski definition) is 2. The predicted molar refractivity (Wildman–Crippen MR) is 66.1 cm³/mol. The normalized spacial score (nSPS) is 10.8. The van der Waals surface area contributed by atoms with Gasteiger partial charge in [-0.1, -0.05) is 19.1 Å². The molecule has 1 rings (SSSR count). The van der Waals surface area contributed by atoms with E-state index in [0.29, 0.717) is 18.5 Å². The number of benzene rings is 1. The van der Waals surface area contributed by atoms with Crippen molar-refractivity contribution < 1.29 is 8.78 Å². The molecule has 96 valence electrons. The molecule has 0 spiro atoms. The molecular weight excluding hydrogens is 222 g/mol. The van der Waals surface area contributed by atoms with Crippen LogP contribution in [0.3, 0.4) is 0 Å². The zero-order valence-electron chi connectivity index (χ0n) is 10.2. The van der Waals surface area contributed by atoms with E-state index in [2.05, 4.69) is 17.6 Å². The Labute approximate surface area is 101 Å². The van der Waals surface area contributed by atoms with E-state index in [1.54, 1.807) is 6.07 Å². The molecule has 4 heteroatoms. The van der Waals surface area contributed by atoms with Crippen LogP contribution in [-0.2, 0) is 6.42 Å². The molecule has 0 atom stereocenters. The minimum absolute atomic E-state index is 0.430. The Kier molecular flexibility index (Phi) is 6.74. The maximum atomic E-state index is 13.3. The van der Waals surface area contributed by atoms with Gasteiger partial charge >= 0.3 is 0 Å². The minimum Gasteiger partial charge on any atom is -0.315 e. The summed E-state index contributed by atoms with van der Waals surface area (Å²) in [6.45, 7) is 5.54. The van der Waals surface area contributed by atoms with Crippen LogP contribution >= 0.6 is 0 Å². The Morgan fingerprint density at radius 2 is 1.71 bits per heavy atom. The van der Waals surface area contributed by atoms with Crippen molar-refractivity contribution in [2.45, 2.75) is 19.8 Å². The summed E-state index contributed by atoms with van der Waals surface area (Å²) in [5.41, 5.74) is 0.430. The summed E-state index contributed by atoms with van der Waals surface area (Å²) >= 11 is 0. The van der Waals surface area contributed by atoms with Gasteiger partial charge in [0.15, 0.2) is 11.6 Å². The second-order valence-corrected chi connectivity index (χ2v) is 3.96. The quantitative estimate of drug-likeness (QED) is 0.682. The van der Waals surface area contributed by atoms with E-state index in [1.165, 1.54) is 6.07 Å². The molecule has 1 aromatic rings. The fourth-order valence-electron chi connectivity index (χ4n) is 1.57. The molecule has 0 saturated heterocycles. The summed E-state index contributed by atoms with van der Waals surface area (Å²) in [4.78, 5) is 0. The molecule has 0 aromatic heterocycles. The van der Waals surface area contributed by atoms with Gasteiger partial charge in [-0.2, -0.15) is 0 Å². The first-order chi connectivity index (χ1) is 8.25. The smallest absolute Gasteiger partial charge is 0.162 e. The van der Waals surface area contributed by atoms with Crippen LogP contribution in [0.5, 0.6) is 0 Å². The highest BCUT2D eigenvalue weighted by Crippen LogP contribution is 2.11. The first-order valence-corrected chi connectivity index (χ1v) is 6.10. The zero-order chi connectivity index (χ0) is 12.5. The summed E-state index contributed by atoms with van der Waals surface area (Å²) < 4.78 is 26.2. The molecule has 0 heterocycles. The maximum Gasteiger partial charge on any atom is 0.162 e. The van der Waals surface area contributed by atoms with Crippen LogP contribution in [0.15, 0.2) is 18.2 Å². The van der Waals surface area contributed by atoms with Crippen molar-refractivity contribution in [2.75, 3.05) is 26.2 Å². The van der Waals surface area contributed by atoms with E-state index in [9.17, 15) is 8.78 Å². The molecule has 0 saturated carbocycles. The van der Waals surface area contributed by atoms with Crippen molar-refractivity contribution in [3.63, 3.8) is 0 Å². The molecule has 0 aliphatic rings. The van der Waals surface area contributed by atoms with E-state index in [0.717, 1.165) is 32.1 Å². The second kappa shape index (κ2) is 8.14. The molecule has 0 fully saturated rings. The Morgan fingerprint density at radius 3 is 2.41 bits per heavy atom. The topological polar surface area (TPSA) is 24.1 Å². The Balaban J connectivity index is 2.16. The van der Waals surface area contributed by atoms with Gasteiger partial charge in [0.05, 0.1) is 0 Å². The van der Waals surface area contributed by atoms with Gasteiger partial charge in [-0.3, -0.25) is 0 Å². The van der Waals surface area contributed by atoms with Crippen molar-refractivity contribution in [3.8, 4) is 0 Å². The molecule has 0 unspecified atom stereocenters.